The molecule has 4 rings (SSSR count). The predicted octanol–water partition coefficient (Wildman–Crippen LogP) is 3.12. The van der Waals surface area contributed by atoms with Gasteiger partial charge < -0.3 is 23.5 Å². The normalized spacial score (nSPS) is 18.9. The summed E-state index contributed by atoms with van der Waals surface area (Å²) in [5.41, 5.74) is 2.02. The summed E-state index contributed by atoms with van der Waals surface area (Å²) in [6.07, 6.45) is -4.21. The number of fused-ring (bicyclic) bond motifs is 3. The second kappa shape index (κ2) is 8.31. The van der Waals surface area contributed by atoms with E-state index in [1.165, 1.54) is 6.07 Å². The molecule has 0 amide bonds. The van der Waals surface area contributed by atoms with Gasteiger partial charge in [-0.2, -0.15) is 13.2 Å². The topological polar surface area (TPSA) is 58.9 Å². The third-order valence-corrected chi connectivity index (χ3v) is 5.06. The average molecular weight is 426 g/mol. The van der Waals surface area contributed by atoms with Gasteiger partial charge in [-0.3, -0.25) is 4.79 Å². The summed E-state index contributed by atoms with van der Waals surface area (Å²) >= 11 is 0. The molecule has 6 nitrogen and oxygen atoms in total. The smallest absolute Gasteiger partial charge is 0.422 e. The van der Waals surface area contributed by atoms with Crippen LogP contribution in [-0.4, -0.2) is 49.9 Å². The minimum atomic E-state index is -4.42. The average Bonchev–Trinajstić information content (AvgIpc) is 2.75. The Morgan fingerprint density at radius 2 is 2.13 bits per heavy atom. The van der Waals surface area contributed by atoms with Gasteiger partial charge >= 0.3 is 6.18 Å². The minimum Gasteiger partial charge on any atom is -0.484 e. The van der Waals surface area contributed by atoms with Crippen molar-refractivity contribution in [2.24, 2.45) is 0 Å². The largest absolute Gasteiger partial charge is 0.484 e. The molecule has 2 aromatic rings. The summed E-state index contributed by atoms with van der Waals surface area (Å²) in [6.45, 7) is 2.18. The molecule has 0 unspecified atom stereocenters. The lowest BCUT2D eigenvalue weighted by Gasteiger charge is -2.28. The standard InChI is InChI=1S/C21H22F3NO5/c1-13-18(26)9-19(29-11-16-10-27-6-7-28-16)25-5-4-14-8-15(30-12-21(22,23)24)2-3-17(14)20(13)25/h2-3,8-9,16H,4-7,10-12H2,1H3/t16-/m0/s1/i9D. The van der Waals surface area contributed by atoms with Gasteiger partial charge in [0.05, 0.1) is 26.9 Å². The Labute approximate surface area is 172 Å². The predicted molar refractivity (Wildman–Crippen MR) is 102 cm³/mol. The van der Waals surface area contributed by atoms with Crippen LogP contribution in [0.2, 0.25) is 0 Å². The van der Waals surface area contributed by atoms with E-state index in [0.717, 1.165) is 5.56 Å². The third-order valence-electron chi connectivity index (χ3n) is 5.06. The van der Waals surface area contributed by atoms with Gasteiger partial charge in [0.25, 0.3) is 0 Å². The Balaban J connectivity index is 1.66. The fraction of sp³-hybridized carbons (Fsp3) is 0.476. The molecule has 2 aliphatic rings. The molecule has 0 N–H and O–H groups in total. The number of nitrogens with zero attached hydrogens (tertiary/aromatic N) is 1. The van der Waals surface area contributed by atoms with Gasteiger partial charge in [-0.25, -0.2) is 0 Å². The molecular weight excluding hydrogens is 403 g/mol. The van der Waals surface area contributed by atoms with Crippen molar-refractivity contribution in [2.75, 3.05) is 33.0 Å². The van der Waals surface area contributed by atoms with Crippen LogP contribution in [0.3, 0.4) is 0 Å². The first kappa shape index (κ1) is 19.4. The Morgan fingerprint density at radius 3 is 2.87 bits per heavy atom. The van der Waals surface area contributed by atoms with Crippen LogP contribution in [0, 0.1) is 6.92 Å². The molecule has 0 bridgehead atoms. The zero-order valence-electron chi connectivity index (χ0n) is 17.4. The zero-order valence-corrected chi connectivity index (χ0v) is 16.4. The first-order valence-corrected chi connectivity index (χ1v) is 9.63. The lowest BCUT2D eigenvalue weighted by Crippen LogP contribution is -2.34. The monoisotopic (exact) mass is 426 g/mol. The van der Waals surface area contributed by atoms with Crippen molar-refractivity contribution in [2.45, 2.75) is 32.2 Å². The van der Waals surface area contributed by atoms with E-state index in [0.29, 0.717) is 49.6 Å². The number of hydrogen-bond donors (Lipinski definition) is 0. The Bertz CT molecular complexity index is 1030. The molecule has 9 heteroatoms. The number of ether oxygens (including phenoxy) is 4. The van der Waals surface area contributed by atoms with E-state index in [2.05, 4.69) is 0 Å². The Hall–Kier alpha value is -2.52. The lowest BCUT2D eigenvalue weighted by atomic mass is 9.94. The lowest BCUT2D eigenvalue weighted by molar-refractivity contribution is -0.153. The molecular formula is C21H22F3NO5. The van der Waals surface area contributed by atoms with Crippen molar-refractivity contribution in [1.29, 1.82) is 0 Å². The third kappa shape index (κ3) is 4.46. The number of hydrogen-bond acceptors (Lipinski definition) is 5. The maximum absolute atomic E-state index is 12.7. The number of rotatable bonds is 5. The number of alkyl halides is 3. The maximum Gasteiger partial charge on any atom is 0.422 e. The summed E-state index contributed by atoms with van der Waals surface area (Å²) in [7, 11) is 0. The van der Waals surface area contributed by atoms with Crippen molar-refractivity contribution in [3.8, 4) is 22.9 Å². The highest BCUT2D eigenvalue weighted by Gasteiger charge is 2.29. The number of aromatic nitrogens is 1. The van der Waals surface area contributed by atoms with Gasteiger partial charge in [0.2, 0.25) is 0 Å². The zero-order chi connectivity index (χ0) is 22.2. The van der Waals surface area contributed by atoms with Crippen LogP contribution in [0.4, 0.5) is 13.2 Å². The molecule has 2 aliphatic heterocycles. The fourth-order valence-electron chi connectivity index (χ4n) is 3.64. The maximum atomic E-state index is 12.7. The van der Waals surface area contributed by atoms with E-state index in [1.54, 1.807) is 23.6 Å². The van der Waals surface area contributed by atoms with Crippen LogP contribution in [0.15, 0.2) is 29.0 Å². The van der Waals surface area contributed by atoms with Crippen molar-refractivity contribution >= 4 is 0 Å². The van der Waals surface area contributed by atoms with E-state index >= 15 is 0 Å². The molecule has 1 atom stereocenters. The minimum absolute atomic E-state index is 0.118. The van der Waals surface area contributed by atoms with Crippen LogP contribution in [0.25, 0.3) is 11.3 Å². The van der Waals surface area contributed by atoms with Gasteiger partial charge in [-0.1, -0.05) is 0 Å². The molecule has 3 heterocycles. The Morgan fingerprint density at radius 1 is 1.30 bits per heavy atom. The molecule has 0 radical (unpaired) electrons. The Kier molecular flexibility index (Phi) is 5.39. The van der Waals surface area contributed by atoms with Gasteiger partial charge in [0.15, 0.2) is 17.9 Å². The summed E-state index contributed by atoms with van der Waals surface area (Å²) in [4.78, 5) is 12.7. The first-order chi connectivity index (χ1) is 14.7. The van der Waals surface area contributed by atoms with E-state index in [-0.39, 0.29) is 30.4 Å². The molecule has 1 aromatic heterocycles. The summed E-state index contributed by atoms with van der Waals surface area (Å²) in [5.74, 6) is 0.273. The highest BCUT2D eigenvalue weighted by Crippen LogP contribution is 2.36. The van der Waals surface area contributed by atoms with Crippen LogP contribution < -0.4 is 14.9 Å². The van der Waals surface area contributed by atoms with Gasteiger partial charge in [-0.15, -0.1) is 0 Å². The van der Waals surface area contributed by atoms with Crippen molar-refractivity contribution in [3.63, 3.8) is 0 Å². The number of halogens is 3. The number of benzene rings is 1. The highest BCUT2D eigenvalue weighted by molar-refractivity contribution is 5.70. The molecule has 1 fully saturated rings. The molecule has 1 aromatic carbocycles. The highest BCUT2D eigenvalue weighted by atomic mass is 19.4. The SMILES string of the molecule is [2H]c1c(OC[C@@H]2COCCO2)n2c(c(C)c1=O)-c1ccc(OCC(F)(F)F)cc1CC2. The molecule has 0 saturated carbocycles. The van der Waals surface area contributed by atoms with Crippen LogP contribution in [0.5, 0.6) is 11.6 Å². The fourth-order valence-corrected chi connectivity index (χ4v) is 3.64. The van der Waals surface area contributed by atoms with Crippen LogP contribution in [0.1, 0.15) is 12.5 Å². The van der Waals surface area contributed by atoms with Crippen LogP contribution >= 0.6 is 0 Å². The van der Waals surface area contributed by atoms with E-state index in [1.807, 2.05) is 0 Å². The van der Waals surface area contributed by atoms with Crippen molar-refractivity contribution in [1.82, 2.24) is 4.57 Å². The second-order valence-electron chi connectivity index (χ2n) is 7.24. The van der Waals surface area contributed by atoms with Crippen molar-refractivity contribution in [3.05, 3.63) is 45.6 Å². The summed E-state index contributed by atoms with van der Waals surface area (Å²) in [6, 6.07) is 4.43. The van der Waals surface area contributed by atoms with E-state index < -0.39 is 18.2 Å². The van der Waals surface area contributed by atoms with Crippen LogP contribution in [-0.2, 0) is 22.4 Å². The molecule has 30 heavy (non-hydrogen) atoms. The molecule has 0 spiro atoms. The quantitative estimate of drug-likeness (QED) is 0.736. The molecule has 0 aliphatic carbocycles. The molecule has 1 saturated heterocycles. The van der Waals surface area contributed by atoms with Gasteiger partial charge in [0, 0.05) is 23.7 Å². The summed E-state index contributed by atoms with van der Waals surface area (Å²) < 4.78 is 69.0. The van der Waals surface area contributed by atoms with Gasteiger partial charge in [-0.05, 0) is 37.1 Å². The number of aryl methyl sites for hydroxylation is 1. The van der Waals surface area contributed by atoms with E-state index in [9.17, 15) is 18.0 Å². The second-order valence-corrected chi connectivity index (χ2v) is 7.24. The van der Waals surface area contributed by atoms with Crippen molar-refractivity contribution < 1.29 is 33.5 Å². The first-order valence-electron chi connectivity index (χ1n) is 10.1. The van der Waals surface area contributed by atoms with Gasteiger partial charge in [0.1, 0.15) is 18.5 Å². The number of pyridine rings is 1. The van der Waals surface area contributed by atoms with E-state index in [4.69, 9.17) is 20.3 Å². The summed E-state index contributed by atoms with van der Waals surface area (Å²) in [5, 5.41) is 0. The molecule has 162 valence electrons.